The Bertz CT molecular complexity index is 600. The Kier molecular flexibility index (Phi) is 4.19. The van der Waals surface area contributed by atoms with Gasteiger partial charge in [-0.25, -0.2) is 0 Å². The maximum Gasteiger partial charge on any atom is 0.270 e. The molecule has 0 aliphatic carbocycles. The van der Waals surface area contributed by atoms with Gasteiger partial charge in [-0.3, -0.25) is 10.1 Å². The second-order valence-electron chi connectivity index (χ2n) is 4.13. The third-order valence-corrected chi connectivity index (χ3v) is 4.03. The fraction of sp³-hybridized carbons (Fsp3) is 0.143. The van der Waals surface area contributed by atoms with Gasteiger partial charge in [0.25, 0.3) is 5.69 Å². The zero-order valence-corrected chi connectivity index (χ0v) is 11.3. The SMILES string of the molecule is Cc1cc([N+](=O)[O-])cc(CN)c1Sc1ccccc1. The number of aryl methyl sites for hydroxylation is 1. The van der Waals surface area contributed by atoms with E-state index in [4.69, 9.17) is 5.73 Å². The molecular weight excluding hydrogens is 260 g/mol. The number of benzene rings is 2. The summed E-state index contributed by atoms with van der Waals surface area (Å²) < 4.78 is 0. The van der Waals surface area contributed by atoms with Gasteiger partial charge in [-0.1, -0.05) is 30.0 Å². The molecule has 0 saturated carbocycles. The van der Waals surface area contributed by atoms with Gasteiger partial charge in [0.05, 0.1) is 4.92 Å². The number of hydrogen-bond acceptors (Lipinski definition) is 4. The van der Waals surface area contributed by atoms with Crippen LogP contribution in [-0.4, -0.2) is 4.92 Å². The van der Waals surface area contributed by atoms with Crippen molar-refractivity contribution >= 4 is 17.4 Å². The maximum absolute atomic E-state index is 10.8. The standard InChI is InChI=1S/C14H14N2O2S/c1-10-7-12(16(17)18)8-11(9-15)14(10)19-13-5-3-2-4-6-13/h2-8H,9,15H2,1H3. The van der Waals surface area contributed by atoms with Gasteiger partial charge in [-0.2, -0.15) is 0 Å². The first-order valence-corrected chi connectivity index (χ1v) is 6.64. The molecule has 2 aromatic carbocycles. The molecule has 0 spiro atoms. The van der Waals surface area contributed by atoms with Crippen LogP contribution in [0.15, 0.2) is 52.3 Å². The van der Waals surface area contributed by atoms with Crippen molar-refractivity contribution < 1.29 is 4.92 Å². The summed E-state index contributed by atoms with van der Waals surface area (Å²) in [6.07, 6.45) is 0. The predicted octanol–water partition coefficient (Wildman–Crippen LogP) is 3.51. The van der Waals surface area contributed by atoms with Gasteiger partial charge in [0.15, 0.2) is 0 Å². The van der Waals surface area contributed by atoms with Crippen molar-refractivity contribution in [3.63, 3.8) is 0 Å². The monoisotopic (exact) mass is 274 g/mol. The van der Waals surface area contributed by atoms with Crippen molar-refractivity contribution in [2.75, 3.05) is 0 Å². The van der Waals surface area contributed by atoms with E-state index in [9.17, 15) is 10.1 Å². The minimum absolute atomic E-state index is 0.0929. The summed E-state index contributed by atoms with van der Waals surface area (Å²) in [5.74, 6) is 0. The number of nitrogens with zero attached hydrogens (tertiary/aromatic N) is 1. The van der Waals surface area contributed by atoms with Crippen LogP contribution in [0.2, 0.25) is 0 Å². The summed E-state index contributed by atoms with van der Waals surface area (Å²) in [7, 11) is 0. The number of hydrogen-bond donors (Lipinski definition) is 1. The lowest BCUT2D eigenvalue weighted by Crippen LogP contribution is -2.02. The molecule has 0 amide bonds. The molecular formula is C14H14N2O2S. The third kappa shape index (κ3) is 3.13. The number of nitro groups is 1. The van der Waals surface area contributed by atoms with E-state index in [-0.39, 0.29) is 17.2 Å². The lowest BCUT2D eigenvalue weighted by molar-refractivity contribution is -0.385. The smallest absolute Gasteiger partial charge is 0.270 e. The van der Waals surface area contributed by atoms with Crippen LogP contribution in [0, 0.1) is 17.0 Å². The lowest BCUT2D eigenvalue weighted by atomic mass is 10.1. The minimum atomic E-state index is -0.386. The lowest BCUT2D eigenvalue weighted by Gasteiger charge is -2.11. The number of non-ortho nitro benzene ring substituents is 1. The van der Waals surface area contributed by atoms with E-state index in [1.807, 2.05) is 37.3 Å². The molecule has 2 aromatic rings. The molecule has 0 aliphatic rings. The maximum atomic E-state index is 10.8. The highest BCUT2D eigenvalue weighted by atomic mass is 32.2. The fourth-order valence-electron chi connectivity index (χ4n) is 1.84. The molecule has 0 radical (unpaired) electrons. The Hall–Kier alpha value is -1.85. The van der Waals surface area contributed by atoms with Crippen molar-refractivity contribution in [3.8, 4) is 0 Å². The number of nitrogens with two attached hydrogens (primary N) is 1. The summed E-state index contributed by atoms with van der Waals surface area (Å²) in [5, 5.41) is 10.8. The zero-order valence-electron chi connectivity index (χ0n) is 10.5. The van der Waals surface area contributed by atoms with E-state index in [1.54, 1.807) is 23.9 Å². The first-order chi connectivity index (χ1) is 9.11. The molecule has 2 N–H and O–H groups in total. The van der Waals surface area contributed by atoms with Crippen LogP contribution in [0.4, 0.5) is 5.69 Å². The van der Waals surface area contributed by atoms with Gasteiger partial charge in [0, 0.05) is 28.5 Å². The molecule has 0 aliphatic heterocycles. The van der Waals surface area contributed by atoms with E-state index in [2.05, 4.69) is 0 Å². The summed E-state index contributed by atoms with van der Waals surface area (Å²) in [6, 6.07) is 13.0. The molecule has 0 heterocycles. The van der Waals surface area contributed by atoms with Crippen LogP contribution in [-0.2, 0) is 6.54 Å². The summed E-state index contributed by atoms with van der Waals surface area (Å²) in [5.41, 5.74) is 7.48. The molecule has 98 valence electrons. The average Bonchev–Trinajstić information content (AvgIpc) is 2.41. The second kappa shape index (κ2) is 5.86. The quantitative estimate of drug-likeness (QED) is 0.684. The van der Waals surface area contributed by atoms with Crippen molar-refractivity contribution in [3.05, 3.63) is 63.7 Å². The first-order valence-electron chi connectivity index (χ1n) is 5.82. The molecule has 4 nitrogen and oxygen atoms in total. The van der Waals surface area contributed by atoms with Gasteiger partial charge in [-0.05, 0) is 30.2 Å². The van der Waals surface area contributed by atoms with Crippen LogP contribution in [0.3, 0.4) is 0 Å². The Balaban J connectivity index is 2.42. The summed E-state index contributed by atoms with van der Waals surface area (Å²) in [4.78, 5) is 12.6. The van der Waals surface area contributed by atoms with Crippen LogP contribution < -0.4 is 5.73 Å². The molecule has 0 bridgehead atoms. The topological polar surface area (TPSA) is 69.2 Å². The summed E-state index contributed by atoms with van der Waals surface area (Å²) >= 11 is 1.58. The normalized spacial score (nSPS) is 10.4. The zero-order chi connectivity index (χ0) is 13.8. The van der Waals surface area contributed by atoms with Gasteiger partial charge in [0.1, 0.15) is 0 Å². The van der Waals surface area contributed by atoms with Crippen molar-refractivity contribution in [1.29, 1.82) is 0 Å². The van der Waals surface area contributed by atoms with Crippen molar-refractivity contribution in [1.82, 2.24) is 0 Å². The second-order valence-corrected chi connectivity index (χ2v) is 5.21. The molecule has 0 saturated heterocycles. The average molecular weight is 274 g/mol. The van der Waals surface area contributed by atoms with Gasteiger partial charge in [0.2, 0.25) is 0 Å². The number of rotatable bonds is 4. The first kappa shape index (κ1) is 13.6. The minimum Gasteiger partial charge on any atom is -0.326 e. The van der Waals surface area contributed by atoms with E-state index >= 15 is 0 Å². The Morgan fingerprint density at radius 1 is 1.26 bits per heavy atom. The molecule has 0 fully saturated rings. The molecule has 0 aromatic heterocycles. The van der Waals surface area contributed by atoms with Crippen LogP contribution >= 0.6 is 11.8 Å². The van der Waals surface area contributed by atoms with Crippen molar-refractivity contribution in [2.24, 2.45) is 5.73 Å². The van der Waals surface area contributed by atoms with Crippen LogP contribution in [0.25, 0.3) is 0 Å². The van der Waals surface area contributed by atoms with Gasteiger partial charge in [-0.15, -0.1) is 0 Å². The van der Waals surface area contributed by atoms with E-state index in [1.165, 1.54) is 0 Å². The van der Waals surface area contributed by atoms with Crippen molar-refractivity contribution in [2.45, 2.75) is 23.3 Å². The van der Waals surface area contributed by atoms with Crippen LogP contribution in [0.5, 0.6) is 0 Å². The Labute approximate surface area is 115 Å². The fourth-order valence-corrected chi connectivity index (χ4v) is 2.86. The number of nitro benzene ring substituents is 1. The largest absolute Gasteiger partial charge is 0.326 e. The third-order valence-electron chi connectivity index (χ3n) is 2.73. The molecule has 0 unspecified atom stereocenters. The van der Waals surface area contributed by atoms with Gasteiger partial charge >= 0.3 is 0 Å². The molecule has 0 atom stereocenters. The molecule has 19 heavy (non-hydrogen) atoms. The Morgan fingerprint density at radius 3 is 2.53 bits per heavy atom. The van der Waals surface area contributed by atoms with Gasteiger partial charge < -0.3 is 5.73 Å². The molecule has 5 heteroatoms. The Morgan fingerprint density at radius 2 is 1.95 bits per heavy atom. The summed E-state index contributed by atoms with van der Waals surface area (Å²) in [6.45, 7) is 2.16. The van der Waals surface area contributed by atoms with E-state index < -0.39 is 0 Å². The van der Waals surface area contributed by atoms with Crippen LogP contribution in [0.1, 0.15) is 11.1 Å². The van der Waals surface area contributed by atoms with E-state index in [0.29, 0.717) is 0 Å². The highest BCUT2D eigenvalue weighted by Gasteiger charge is 2.14. The predicted molar refractivity (Wildman–Crippen MR) is 76.3 cm³/mol. The molecule has 2 rings (SSSR count). The highest BCUT2D eigenvalue weighted by Crippen LogP contribution is 2.35. The highest BCUT2D eigenvalue weighted by molar-refractivity contribution is 7.99. The van der Waals surface area contributed by atoms with E-state index in [0.717, 1.165) is 20.9 Å².